The Kier molecular flexibility index (Phi) is 5.66. The van der Waals surface area contributed by atoms with Gasteiger partial charge in [0.15, 0.2) is 22.1 Å². The molecule has 2 aromatic heterocycles. The molecule has 2 aromatic rings. The molecule has 0 spiro atoms. The van der Waals surface area contributed by atoms with E-state index in [0.717, 1.165) is 37.8 Å². The third-order valence-electron chi connectivity index (χ3n) is 7.08. The van der Waals surface area contributed by atoms with Gasteiger partial charge in [0.1, 0.15) is 0 Å². The molecule has 0 bridgehead atoms. The molecule has 0 N–H and O–H groups in total. The molecule has 33 heavy (non-hydrogen) atoms. The highest BCUT2D eigenvalue weighted by Gasteiger charge is 2.34. The van der Waals surface area contributed by atoms with Gasteiger partial charge in [-0.15, -0.1) is 0 Å². The lowest BCUT2D eigenvalue weighted by molar-refractivity contribution is -0.137. The van der Waals surface area contributed by atoms with Gasteiger partial charge in [0.25, 0.3) is 5.91 Å². The number of amides is 1. The molecule has 2 unspecified atom stereocenters. The second-order valence-corrected chi connectivity index (χ2v) is 11.9. The normalized spacial score (nSPS) is 24.8. The quantitative estimate of drug-likeness (QED) is 0.612. The highest BCUT2D eigenvalue weighted by atomic mass is 32.2. The number of hydrogen-bond donors (Lipinski definition) is 0. The summed E-state index contributed by atoms with van der Waals surface area (Å²) in [7, 11) is -3.10. The van der Waals surface area contributed by atoms with Crippen molar-refractivity contribution in [3.05, 3.63) is 23.0 Å². The first kappa shape index (κ1) is 22.3. The molecule has 3 aliphatic rings. The Bertz CT molecular complexity index is 1220. The number of nitrogens with zero attached hydrogens (tertiary/aromatic N) is 4. The first-order valence-electron chi connectivity index (χ1n) is 11.8. The molecule has 1 saturated carbocycles. The standard InChI is InChI=1S/C23H30N4O5S/c1-14-5-3-4-9-26(14)20(28)12-32-23(29)18-11-19(16-6-7-16)24-22-21(18)15(2)25-27(22)17-8-10-33(30,31)13-17/h11,14,16-17H,3-10,12-13H2,1-2H3. The highest BCUT2D eigenvalue weighted by molar-refractivity contribution is 7.91. The summed E-state index contributed by atoms with van der Waals surface area (Å²) in [5.74, 6) is -0.295. The number of carbonyl (C=O) groups excluding carboxylic acids is 2. The van der Waals surface area contributed by atoms with E-state index in [9.17, 15) is 18.0 Å². The number of ether oxygens (including phenoxy) is 1. The summed E-state index contributed by atoms with van der Waals surface area (Å²) in [5, 5.41) is 5.16. The van der Waals surface area contributed by atoms with E-state index in [1.54, 1.807) is 22.6 Å². The van der Waals surface area contributed by atoms with E-state index in [-0.39, 0.29) is 42.0 Å². The maximum absolute atomic E-state index is 13.2. The predicted octanol–water partition coefficient (Wildman–Crippen LogP) is 2.53. The second-order valence-electron chi connectivity index (χ2n) is 9.66. The van der Waals surface area contributed by atoms with Gasteiger partial charge in [-0.1, -0.05) is 0 Å². The number of piperidine rings is 1. The van der Waals surface area contributed by atoms with Gasteiger partial charge in [-0.2, -0.15) is 5.10 Å². The smallest absolute Gasteiger partial charge is 0.339 e. The number of aromatic nitrogens is 3. The molecule has 2 aliphatic heterocycles. The molecular formula is C23H30N4O5S. The van der Waals surface area contributed by atoms with E-state index < -0.39 is 15.8 Å². The predicted molar refractivity (Wildman–Crippen MR) is 122 cm³/mol. The third kappa shape index (κ3) is 4.37. The van der Waals surface area contributed by atoms with Crippen LogP contribution in [-0.4, -0.2) is 70.7 Å². The van der Waals surface area contributed by atoms with E-state index in [1.807, 2.05) is 6.92 Å². The fourth-order valence-electron chi connectivity index (χ4n) is 5.06. The minimum atomic E-state index is -3.10. The van der Waals surface area contributed by atoms with E-state index in [2.05, 4.69) is 5.10 Å². The molecule has 1 amide bonds. The zero-order chi connectivity index (χ0) is 23.3. The number of hydrogen-bond acceptors (Lipinski definition) is 7. The Balaban J connectivity index is 1.44. The van der Waals surface area contributed by atoms with Crippen LogP contribution in [0.25, 0.3) is 11.0 Å². The fourth-order valence-corrected chi connectivity index (χ4v) is 6.75. The summed E-state index contributed by atoms with van der Waals surface area (Å²) in [6, 6.07) is 1.63. The minimum Gasteiger partial charge on any atom is -0.452 e. The van der Waals surface area contributed by atoms with Crippen LogP contribution < -0.4 is 0 Å². The van der Waals surface area contributed by atoms with Crippen LogP contribution in [0.4, 0.5) is 0 Å². The number of sulfone groups is 1. The fraction of sp³-hybridized carbons (Fsp3) is 0.652. The Hall–Kier alpha value is -2.49. The number of fused-ring (bicyclic) bond motifs is 1. The lowest BCUT2D eigenvalue weighted by atomic mass is 10.0. The number of aryl methyl sites for hydroxylation is 1. The van der Waals surface area contributed by atoms with Crippen LogP contribution in [0.3, 0.4) is 0 Å². The summed E-state index contributed by atoms with van der Waals surface area (Å²) in [6.45, 7) is 4.21. The Morgan fingerprint density at radius 2 is 1.97 bits per heavy atom. The van der Waals surface area contributed by atoms with Crippen LogP contribution in [0, 0.1) is 6.92 Å². The highest BCUT2D eigenvalue weighted by Crippen LogP contribution is 2.41. The average molecular weight is 475 g/mol. The number of esters is 1. The lowest BCUT2D eigenvalue weighted by Gasteiger charge is -2.33. The van der Waals surface area contributed by atoms with E-state index >= 15 is 0 Å². The van der Waals surface area contributed by atoms with Crippen molar-refractivity contribution in [2.75, 3.05) is 24.7 Å². The maximum Gasteiger partial charge on any atom is 0.339 e. The van der Waals surface area contributed by atoms with Crippen molar-refractivity contribution >= 4 is 32.7 Å². The van der Waals surface area contributed by atoms with Crippen LogP contribution in [0.2, 0.25) is 0 Å². The minimum absolute atomic E-state index is 0.0286. The van der Waals surface area contributed by atoms with Crippen molar-refractivity contribution in [2.45, 2.75) is 70.4 Å². The Labute approximate surface area is 193 Å². The zero-order valence-electron chi connectivity index (χ0n) is 19.1. The Morgan fingerprint density at radius 1 is 1.18 bits per heavy atom. The van der Waals surface area contributed by atoms with E-state index in [0.29, 0.717) is 35.3 Å². The number of pyridine rings is 1. The van der Waals surface area contributed by atoms with E-state index in [4.69, 9.17) is 9.72 Å². The van der Waals surface area contributed by atoms with Gasteiger partial charge in [0.2, 0.25) is 0 Å². The molecule has 3 fully saturated rings. The molecule has 9 nitrogen and oxygen atoms in total. The number of likely N-dealkylation sites (tertiary alicyclic amines) is 1. The van der Waals surface area contributed by atoms with Gasteiger partial charge in [0.05, 0.1) is 34.2 Å². The molecular weight excluding hydrogens is 444 g/mol. The van der Waals surface area contributed by atoms with Crippen LogP contribution in [0.1, 0.15) is 79.2 Å². The molecule has 178 valence electrons. The van der Waals surface area contributed by atoms with Crippen molar-refractivity contribution in [3.8, 4) is 0 Å². The van der Waals surface area contributed by atoms with Crippen molar-refractivity contribution in [1.82, 2.24) is 19.7 Å². The summed E-state index contributed by atoms with van der Waals surface area (Å²) in [5.41, 5.74) is 2.28. The van der Waals surface area contributed by atoms with Gasteiger partial charge in [-0.25, -0.2) is 22.9 Å². The topological polar surface area (TPSA) is 111 Å². The Morgan fingerprint density at radius 3 is 2.64 bits per heavy atom. The summed E-state index contributed by atoms with van der Waals surface area (Å²) in [4.78, 5) is 32.4. The van der Waals surface area contributed by atoms with Crippen LogP contribution in [0.15, 0.2) is 6.07 Å². The zero-order valence-corrected chi connectivity index (χ0v) is 19.9. The second kappa shape index (κ2) is 8.38. The summed E-state index contributed by atoms with van der Waals surface area (Å²) >= 11 is 0. The third-order valence-corrected chi connectivity index (χ3v) is 8.83. The van der Waals surface area contributed by atoms with Gasteiger partial charge < -0.3 is 9.64 Å². The SMILES string of the molecule is Cc1nn(C2CCS(=O)(=O)C2)c2nc(C3CC3)cc(C(=O)OCC(=O)N3CCCCC3C)c12. The molecule has 5 rings (SSSR count). The van der Waals surface area contributed by atoms with Crippen molar-refractivity contribution in [3.63, 3.8) is 0 Å². The lowest BCUT2D eigenvalue weighted by Crippen LogP contribution is -2.44. The summed E-state index contributed by atoms with van der Waals surface area (Å²) < 4.78 is 31.3. The molecule has 0 aromatic carbocycles. The van der Waals surface area contributed by atoms with Gasteiger partial charge >= 0.3 is 5.97 Å². The van der Waals surface area contributed by atoms with Crippen LogP contribution in [0.5, 0.6) is 0 Å². The largest absolute Gasteiger partial charge is 0.452 e. The summed E-state index contributed by atoms with van der Waals surface area (Å²) in [6.07, 6.45) is 5.53. The monoisotopic (exact) mass is 474 g/mol. The van der Waals surface area contributed by atoms with Gasteiger partial charge in [-0.3, -0.25) is 4.79 Å². The molecule has 2 atom stereocenters. The first-order chi connectivity index (χ1) is 15.7. The molecule has 0 radical (unpaired) electrons. The van der Waals surface area contributed by atoms with Gasteiger partial charge in [0, 0.05) is 24.2 Å². The number of carbonyl (C=O) groups is 2. The first-order valence-corrected chi connectivity index (χ1v) is 13.6. The van der Waals surface area contributed by atoms with Crippen LogP contribution in [-0.2, 0) is 19.4 Å². The van der Waals surface area contributed by atoms with Crippen molar-refractivity contribution in [2.24, 2.45) is 0 Å². The molecule has 1 aliphatic carbocycles. The molecule has 10 heteroatoms. The average Bonchev–Trinajstić information content (AvgIpc) is 3.50. The van der Waals surface area contributed by atoms with Crippen LogP contribution >= 0.6 is 0 Å². The number of rotatable bonds is 5. The van der Waals surface area contributed by atoms with Crippen molar-refractivity contribution < 1.29 is 22.7 Å². The molecule has 2 saturated heterocycles. The van der Waals surface area contributed by atoms with Gasteiger partial charge in [-0.05, 0) is 58.4 Å². The van der Waals surface area contributed by atoms with E-state index in [1.165, 1.54) is 0 Å². The maximum atomic E-state index is 13.2. The molecule has 4 heterocycles. The van der Waals surface area contributed by atoms with Crippen molar-refractivity contribution in [1.29, 1.82) is 0 Å².